The van der Waals surface area contributed by atoms with Crippen molar-refractivity contribution in [2.75, 3.05) is 23.3 Å². The van der Waals surface area contributed by atoms with Crippen LogP contribution in [-0.4, -0.2) is 43.4 Å². The minimum absolute atomic E-state index is 0.0772. The summed E-state index contributed by atoms with van der Waals surface area (Å²) in [5, 5.41) is 16.7. The molecule has 13 heteroatoms. The third kappa shape index (κ3) is 6.26. The van der Waals surface area contributed by atoms with Crippen LogP contribution in [0.5, 0.6) is 0 Å². The molecule has 1 aliphatic heterocycles. The first-order valence-electron chi connectivity index (χ1n) is 10.4. The Hall–Kier alpha value is -3.58. The molecule has 2 aromatic carbocycles. The molecule has 34 heavy (non-hydrogen) atoms. The van der Waals surface area contributed by atoms with E-state index < -0.39 is 26.8 Å². The molecule has 0 aliphatic carbocycles. The molecular weight excluding hydrogens is 482 g/mol. The van der Waals surface area contributed by atoms with E-state index in [-0.39, 0.29) is 21.3 Å². The molecular formula is C21H23N5O6S2. The highest BCUT2D eigenvalue weighted by Gasteiger charge is 2.23. The molecule has 2 amide bonds. The first-order valence-corrected chi connectivity index (χ1v) is 12.2. The van der Waals surface area contributed by atoms with Gasteiger partial charge in [0.15, 0.2) is 5.11 Å². The Bertz CT molecular complexity index is 1220. The van der Waals surface area contributed by atoms with Gasteiger partial charge in [-0.2, -0.15) is 0 Å². The fourth-order valence-corrected chi connectivity index (χ4v) is 4.72. The molecule has 0 radical (unpaired) electrons. The lowest BCUT2D eigenvalue weighted by atomic mass is 10.1. The van der Waals surface area contributed by atoms with Crippen molar-refractivity contribution in [3.8, 4) is 0 Å². The summed E-state index contributed by atoms with van der Waals surface area (Å²) in [6.07, 6.45) is 3.00. The van der Waals surface area contributed by atoms with E-state index in [4.69, 9.17) is 12.2 Å². The number of carbonyl (C=O) groups is 2. The first kappa shape index (κ1) is 25.1. The smallest absolute Gasteiger partial charge is 0.293 e. The third-order valence-electron chi connectivity index (χ3n) is 5.06. The van der Waals surface area contributed by atoms with Crippen molar-refractivity contribution >= 4 is 56.2 Å². The molecule has 1 saturated heterocycles. The van der Waals surface area contributed by atoms with Gasteiger partial charge in [0.05, 0.1) is 9.82 Å². The third-order valence-corrected chi connectivity index (χ3v) is 6.71. The highest BCUT2D eigenvalue weighted by atomic mass is 32.2. The average molecular weight is 506 g/mol. The molecule has 0 aromatic heterocycles. The van der Waals surface area contributed by atoms with Crippen LogP contribution < -0.4 is 20.3 Å². The Labute approximate surface area is 201 Å². The second-order valence-electron chi connectivity index (χ2n) is 7.60. The normalized spacial score (nSPS) is 13.6. The van der Waals surface area contributed by atoms with Gasteiger partial charge in [0.25, 0.3) is 21.6 Å². The van der Waals surface area contributed by atoms with E-state index in [9.17, 15) is 28.1 Å². The summed E-state index contributed by atoms with van der Waals surface area (Å²) >= 11 is 5.13. The number of benzene rings is 2. The van der Waals surface area contributed by atoms with E-state index in [2.05, 4.69) is 10.6 Å². The van der Waals surface area contributed by atoms with Gasteiger partial charge in [-0.1, -0.05) is 0 Å². The van der Waals surface area contributed by atoms with Crippen LogP contribution in [0.3, 0.4) is 0 Å². The van der Waals surface area contributed by atoms with Gasteiger partial charge in [-0.05, 0) is 67.9 Å². The summed E-state index contributed by atoms with van der Waals surface area (Å²) in [5.41, 5.74) is 0.799. The highest BCUT2D eigenvalue weighted by Crippen LogP contribution is 2.31. The van der Waals surface area contributed by atoms with Gasteiger partial charge in [-0.25, -0.2) is 13.1 Å². The summed E-state index contributed by atoms with van der Waals surface area (Å²) in [5.74, 6) is -1.34. The second-order valence-corrected chi connectivity index (χ2v) is 9.69. The van der Waals surface area contributed by atoms with Gasteiger partial charge in [-0.15, -0.1) is 0 Å². The standard InChI is InChI=1S/C21H23N5O6S2/c1-14(27)24-34(31,32)17-8-6-16(7-9-17)22-21(33)23-20(28)15-5-10-18(19(13-15)26(29)30)25-11-3-2-4-12-25/h5-10,13H,2-4,11-12H2,1H3,(H,24,27)(H2,22,23,28,33). The zero-order valence-electron chi connectivity index (χ0n) is 18.2. The van der Waals surface area contributed by atoms with Crippen molar-refractivity contribution in [3.63, 3.8) is 0 Å². The molecule has 0 bridgehead atoms. The zero-order valence-corrected chi connectivity index (χ0v) is 19.9. The quantitative estimate of drug-likeness (QED) is 0.306. The number of sulfonamides is 1. The number of piperidine rings is 1. The molecule has 180 valence electrons. The number of carbonyl (C=O) groups excluding carboxylic acids is 2. The average Bonchev–Trinajstić information content (AvgIpc) is 2.78. The number of nitro groups is 1. The number of nitrogens with one attached hydrogen (secondary N) is 3. The Morgan fingerprint density at radius 2 is 1.71 bits per heavy atom. The van der Waals surface area contributed by atoms with Crippen molar-refractivity contribution in [1.82, 2.24) is 10.0 Å². The van der Waals surface area contributed by atoms with Crippen LogP contribution in [-0.2, 0) is 14.8 Å². The topological polar surface area (TPSA) is 151 Å². The number of thiocarbonyl (C=S) groups is 1. The van der Waals surface area contributed by atoms with Crippen LogP contribution in [0, 0.1) is 10.1 Å². The SMILES string of the molecule is CC(=O)NS(=O)(=O)c1ccc(NC(=S)NC(=O)c2ccc(N3CCCCC3)c([N+](=O)[O-])c2)cc1. The van der Waals surface area contributed by atoms with Gasteiger partial charge in [0.1, 0.15) is 5.69 Å². The number of rotatable bonds is 6. The van der Waals surface area contributed by atoms with Gasteiger partial charge in [0, 0.05) is 37.3 Å². The summed E-state index contributed by atoms with van der Waals surface area (Å²) in [6.45, 7) is 2.54. The van der Waals surface area contributed by atoms with E-state index in [1.807, 2.05) is 9.62 Å². The molecule has 1 aliphatic rings. The lowest BCUT2D eigenvalue weighted by Gasteiger charge is -2.28. The van der Waals surface area contributed by atoms with Gasteiger partial charge in [-0.3, -0.25) is 25.0 Å². The Morgan fingerprint density at radius 3 is 2.29 bits per heavy atom. The first-order chi connectivity index (χ1) is 16.1. The molecule has 0 spiro atoms. The Balaban J connectivity index is 1.67. The lowest BCUT2D eigenvalue weighted by molar-refractivity contribution is -0.384. The van der Waals surface area contributed by atoms with Crippen LogP contribution in [0.2, 0.25) is 0 Å². The molecule has 3 N–H and O–H groups in total. The molecule has 2 aromatic rings. The maximum absolute atomic E-state index is 12.6. The minimum atomic E-state index is -3.97. The van der Waals surface area contributed by atoms with Crippen molar-refractivity contribution in [2.24, 2.45) is 0 Å². The van der Waals surface area contributed by atoms with E-state index in [1.165, 1.54) is 36.4 Å². The largest absolute Gasteiger partial charge is 0.366 e. The molecule has 3 rings (SSSR count). The predicted octanol–water partition coefficient (Wildman–Crippen LogP) is 2.54. The molecule has 0 saturated carbocycles. The molecule has 11 nitrogen and oxygen atoms in total. The number of amides is 2. The zero-order chi connectivity index (χ0) is 24.9. The molecule has 1 heterocycles. The lowest BCUT2D eigenvalue weighted by Crippen LogP contribution is -2.34. The summed E-state index contributed by atoms with van der Waals surface area (Å²) < 4.78 is 25.8. The van der Waals surface area contributed by atoms with Gasteiger partial charge < -0.3 is 10.2 Å². The number of hydrogen-bond acceptors (Lipinski definition) is 8. The predicted molar refractivity (Wildman–Crippen MR) is 130 cm³/mol. The van der Waals surface area contributed by atoms with E-state index in [0.29, 0.717) is 11.4 Å². The maximum atomic E-state index is 12.6. The number of nitro benzene ring substituents is 1. The van der Waals surface area contributed by atoms with E-state index in [0.717, 1.165) is 39.3 Å². The van der Waals surface area contributed by atoms with E-state index in [1.54, 1.807) is 6.07 Å². The fourth-order valence-electron chi connectivity index (χ4n) is 3.52. The monoisotopic (exact) mass is 505 g/mol. The van der Waals surface area contributed by atoms with Crippen molar-refractivity contribution < 1.29 is 22.9 Å². The van der Waals surface area contributed by atoms with Crippen LogP contribution >= 0.6 is 12.2 Å². The van der Waals surface area contributed by atoms with Crippen molar-refractivity contribution in [3.05, 3.63) is 58.1 Å². The summed E-state index contributed by atoms with van der Waals surface area (Å²) in [7, 11) is -3.97. The number of nitrogens with zero attached hydrogens (tertiary/aromatic N) is 2. The fraction of sp³-hybridized carbons (Fsp3) is 0.286. The number of hydrogen-bond donors (Lipinski definition) is 3. The molecule has 0 atom stereocenters. The Kier molecular flexibility index (Phi) is 7.79. The summed E-state index contributed by atoms with van der Waals surface area (Å²) in [4.78, 5) is 36.5. The molecule has 0 unspecified atom stereocenters. The number of anilines is 2. The van der Waals surface area contributed by atoms with Gasteiger partial charge >= 0.3 is 0 Å². The van der Waals surface area contributed by atoms with E-state index >= 15 is 0 Å². The maximum Gasteiger partial charge on any atom is 0.293 e. The van der Waals surface area contributed by atoms with Crippen molar-refractivity contribution in [2.45, 2.75) is 31.1 Å². The molecule has 1 fully saturated rings. The van der Waals surface area contributed by atoms with Gasteiger partial charge in [0.2, 0.25) is 5.91 Å². The van der Waals surface area contributed by atoms with Crippen LogP contribution in [0.4, 0.5) is 17.1 Å². The second kappa shape index (κ2) is 10.6. The Morgan fingerprint density at radius 1 is 1.06 bits per heavy atom. The van der Waals surface area contributed by atoms with Crippen LogP contribution in [0.25, 0.3) is 0 Å². The highest BCUT2D eigenvalue weighted by molar-refractivity contribution is 7.90. The summed E-state index contributed by atoms with van der Waals surface area (Å²) in [6, 6.07) is 9.65. The van der Waals surface area contributed by atoms with Crippen LogP contribution in [0.1, 0.15) is 36.5 Å². The van der Waals surface area contributed by atoms with Crippen molar-refractivity contribution in [1.29, 1.82) is 0 Å². The van der Waals surface area contributed by atoms with Crippen LogP contribution in [0.15, 0.2) is 47.4 Å². The minimum Gasteiger partial charge on any atom is -0.366 e.